The lowest BCUT2D eigenvalue weighted by atomic mass is 9.77. The van der Waals surface area contributed by atoms with Crippen LogP contribution < -0.4 is 0 Å². The van der Waals surface area contributed by atoms with Crippen LogP contribution in [0.15, 0.2) is 12.2 Å². The molecular formula is C26H46O4. The van der Waals surface area contributed by atoms with Crippen LogP contribution in [-0.2, 0) is 14.3 Å². The van der Waals surface area contributed by atoms with Gasteiger partial charge in [-0.25, -0.2) is 0 Å². The van der Waals surface area contributed by atoms with Crippen molar-refractivity contribution in [3.8, 4) is 0 Å². The molecule has 3 atom stereocenters. The fraction of sp³-hybridized carbons (Fsp3) is 0.846. The van der Waals surface area contributed by atoms with Crippen molar-refractivity contribution in [1.82, 2.24) is 0 Å². The van der Waals surface area contributed by atoms with Gasteiger partial charge in [-0.2, -0.15) is 0 Å². The van der Waals surface area contributed by atoms with Crippen molar-refractivity contribution in [1.29, 1.82) is 0 Å². The van der Waals surface area contributed by atoms with Crippen LogP contribution in [-0.4, -0.2) is 23.7 Å². The maximum atomic E-state index is 12.4. The Hall–Kier alpha value is -1.32. The number of carboxylic acid groups (broad SMARTS) is 1. The maximum absolute atomic E-state index is 12.4. The van der Waals surface area contributed by atoms with Gasteiger partial charge in [-0.05, 0) is 25.2 Å². The zero-order chi connectivity index (χ0) is 22.0. The van der Waals surface area contributed by atoms with Crippen LogP contribution in [0.3, 0.4) is 0 Å². The highest BCUT2D eigenvalue weighted by atomic mass is 16.5. The van der Waals surface area contributed by atoms with Crippen molar-refractivity contribution in [3.63, 3.8) is 0 Å². The van der Waals surface area contributed by atoms with E-state index in [-0.39, 0.29) is 11.9 Å². The molecular weight excluding hydrogens is 376 g/mol. The quantitative estimate of drug-likeness (QED) is 0.143. The van der Waals surface area contributed by atoms with Crippen molar-refractivity contribution >= 4 is 11.9 Å². The van der Waals surface area contributed by atoms with E-state index < -0.39 is 17.8 Å². The van der Waals surface area contributed by atoms with Gasteiger partial charge in [0.1, 0.15) is 0 Å². The van der Waals surface area contributed by atoms with Gasteiger partial charge in [-0.1, -0.05) is 109 Å². The maximum Gasteiger partial charge on any atom is 0.313 e. The molecule has 3 unspecified atom stereocenters. The molecule has 4 heteroatoms. The summed E-state index contributed by atoms with van der Waals surface area (Å²) in [5.41, 5.74) is 0. The van der Waals surface area contributed by atoms with Gasteiger partial charge in [0, 0.05) is 0 Å². The minimum absolute atomic E-state index is 0.272. The Morgan fingerprint density at radius 1 is 0.800 bits per heavy atom. The molecule has 0 spiro atoms. The van der Waals surface area contributed by atoms with E-state index in [1.54, 1.807) is 6.08 Å². The molecule has 0 radical (unpaired) electrons. The van der Waals surface area contributed by atoms with Crippen molar-refractivity contribution < 1.29 is 19.4 Å². The summed E-state index contributed by atoms with van der Waals surface area (Å²) < 4.78 is 5.43. The normalized spacial score (nSPS) is 20.9. The Morgan fingerprint density at radius 3 is 1.90 bits per heavy atom. The van der Waals surface area contributed by atoms with Gasteiger partial charge >= 0.3 is 11.9 Å². The summed E-state index contributed by atoms with van der Waals surface area (Å²) in [6, 6.07) is 0. The van der Waals surface area contributed by atoms with E-state index >= 15 is 0 Å². The van der Waals surface area contributed by atoms with E-state index in [9.17, 15) is 14.7 Å². The number of carbonyl (C=O) groups excluding carboxylic acids is 1. The second-order valence-corrected chi connectivity index (χ2v) is 9.05. The molecule has 0 heterocycles. The molecule has 4 nitrogen and oxygen atoms in total. The molecule has 174 valence electrons. The standard InChI is InChI=1S/C26H46O4/c1-3-5-7-9-10-11-12-13-14-16-20-30-26(29)23-19-18-22(17-15-8-6-4-2)21-24(23)25(27)28/h18-19,22-24H,3-17,20-21H2,1-2H3,(H,27,28). The summed E-state index contributed by atoms with van der Waals surface area (Å²) in [5.74, 6) is -2.24. The molecule has 30 heavy (non-hydrogen) atoms. The molecule has 0 bridgehead atoms. The van der Waals surface area contributed by atoms with Crippen LogP contribution in [0.2, 0.25) is 0 Å². The van der Waals surface area contributed by atoms with Gasteiger partial charge < -0.3 is 9.84 Å². The number of carboxylic acids is 1. The predicted octanol–water partition coefficient (Wildman–Crippen LogP) is 7.31. The number of ether oxygens (including phenoxy) is 1. The lowest BCUT2D eigenvalue weighted by Gasteiger charge is -2.28. The Balaban J connectivity index is 2.21. The Morgan fingerprint density at radius 2 is 1.33 bits per heavy atom. The van der Waals surface area contributed by atoms with E-state index in [0.717, 1.165) is 25.7 Å². The summed E-state index contributed by atoms with van der Waals surface area (Å²) in [5, 5.41) is 9.60. The van der Waals surface area contributed by atoms with E-state index in [4.69, 9.17) is 4.74 Å². The van der Waals surface area contributed by atoms with Gasteiger partial charge in [0.2, 0.25) is 0 Å². The van der Waals surface area contributed by atoms with E-state index in [2.05, 4.69) is 19.9 Å². The first kappa shape index (κ1) is 26.7. The van der Waals surface area contributed by atoms with Crippen LogP contribution in [0.25, 0.3) is 0 Å². The number of aliphatic carboxylic acids is 1. The Bertz CT molecular complexity index is 485. The minimum Gasteiger partial charge on any atom is -0.481 e. The molecule has 0 aliphatic heterocycles. The summed E-state index contributed by atoms with van der Waals surface area (Å²) in [6.07, 6.45) is 22.6. The molecule has 1 N–H and O–H groups in total. The van der Waals surface area contributed by atoms with Gasteiger partial charge in [-0.15, -0.1) is 0 Å². The SMILES string of the molecule is CCCCCCCCCCCCOC(=O)C1C=CC(CCCCCC)CC1C(=O)O. The number of rotatable bonds is 18. The van der Waals surface area contributed by atoms with Crippen molar-refractivity contribution in [3.05, 3.63) is 12.2 Å². The summed E-state index contributed by atoms with van der Waals surface area (Å²) in [4.78, 5) is 24.2. The zero-order valence-corrected chi connectivity index (χ0v) is 19.6. The molecule has 0 saturated heterocycles. The second-order valence-electron chi connectivity index (χ2n) is 9.05. The zero-order valence-electron chi connectivity index (χ0n) is 19.6. The summed E-state index contributed by atoms with van der Waals surface area (Å²) >= 11 is 0. The van der Waals surface area contributed by atoms with Crippen LogP contribution >= 0.6 is 0 Å². The number of allylic oxidation sites excluding steroid dienone is 1. The van der Waals surface area contributed by atoms with E-state index in [0.29, 0.717) is 13.0 Å². The van der Waals surface area contributed by atoms with Crippen LogP contribution in [0, 0.1) is 17.8 Å². The Labute approximate surface area is 184 Å². The van der Waals surface area contributed by atoms with Crippen LogP contribution in [0.4, 0.5) is 0 Å². The van der Waals surface area contributed by atoms with Crippen LogP contribution in [0.1, 0.15) is 117 Å². The van der Waals surface area contributed by atoms with Gasteiger partial charge in [-0.3, -0.25) is 9.59 Å². The molecule has 0 aromatic rings. The molecule has 0 aromatic heterocycles. The average molecular weight is 423 g/mol. The number of carbonyl (C=O) groups is 2. The Kier molecular flexibility index (Phi) is 15.5. The fourth-order valence-electron chi connectivity index (χ4n) is 4.37. The van der Waals surface area contributed by atoms with E-state index in [1.807, 2.05) is 0 Å². The van der Waals surface area contributed by atoms with Gasteiger partial charge in [0.05, 0.1) is 18.4 Å². The number of esters is 1. The predicted molar refractivity (Wildman–Crippen MR) is 123 cm³/mol. The summed E-state index contributed by atoms with van der Waals surface area (Å²) in [7, 11) is 0. The molecule has 0 aromatic carbocycles. The lowest BCUT2D eigenvalue weighted by molar-refractivity contribution is -0.156. The smallest absolute Gasteiger partial charge is 0.313 e. The first-order chi connectivity index (χ1) is 14.6. The monoisotopic (exact) mass is 422 g/mol. The first-order valence-electron chi connectivity index (χ1n) is 12.7. The van der Waals surface area contributed by atoms with Gasteiger partial charge in [0.15, 0.2) is 0 Å². The minimum atomic E-state index is -0.876. The molecule has 0 fully saturated rings. The number of unbranched alkanes of at least 4 members (excludes halogenated alkanes) is 12. The fourth-order valence-corrected chi connectivity index (χ4v) is 4.37. The highest BCUT2D eigenvalue weighted by Gasteiger charge is 2.37. The van der Waals surface area contributed by atoms with Crippen LogP contribution in [0.5, 0.6) is 0 Å². The van der Waals surface area contributed by atoms with Crippen molar-refractivity contribution in [2.75, 3.05) is 6.61 Å². The topological polar surface area (TPSA) is 63.6 Å². The summed E-state index contributed by atoms with van der Waals surface area (Å²) in [6.45, 7) is 4.84. The van der Waals surface area contributed by atoms with Gasteiger partial charge in [0.25, 0.3) is 0 Å². The third-order valence-electron chi connectivity index (χ3n) is 6.34. The highest BCUT2D eigenvalue weighted by Crippen LogP contribution is 2.32. The lowest BCUT2D eigenvalue weighted by Crippen LogP contribution is -2.34. The second kappa shape index (κ2) is 17.4. The molecule has 1 aliphatic rings. The number of hydrogen-bond donors (Lipinski definition) is 1. The number of hydrogen-bond acceptors (Lipinski definition) is 3. The molecule has 1 aliphatic carbocycles. The largest absolute Gasteiger partial charge is 0.481 e. The third kappa shape index (κ3) is 11.8. The van der Waals surface area contributed by atoms with Crippen molar-refractivity contribution in [2.45, 2.75) is 117 Å². The molecule has 0 saturated carbocycles. The first-order valence-corrected chi connectivity index (χ1v) is 12.7. The third-order valence-corrected chi connectivity index (χ3v) is 6.34. The molecule has 0 amide bonds. The average Bonchev–Trinajstić information content (AvgIpc) is 2.74. The van der Waals surface area contributed by atoms with E-state index in [1.165, 1.54) is 70.6 Å². The molecule has 1 rings (SSSR count). The van der Waals surface area contributed by atoms with Crippen molar-refractivity contribution in [2.24, 2.45) is 17.8 Å². The highest BCUT2D eigenvalue weighted by molar-refractivity contribution is 5.83.